The van der Waals surface area contributed by atoms with Crippen LogP contribution in [0.1, 0.15) is 32.6 Å². The summed E-state index contributed by atoms with van der Waals surface area (Å²) in [6.07, 6.45) is 5.10. The molecule has 1 saturated heterocycles. The van der Waals surface area contributed by atoms with Crippen LogP contribution >= 0.6 is 0 Å². The Labute approximate surface area is 92.8 Å². The molecule has 88 valence electrons. The predicted molar refractivity (Wildman–Crippen MR) is 61.9 cm³/mol. The van der Waals surface area contributed by atoms with Gasteiger partial charge in [-0.15, -0.1) is 0 Å². The molecule has 0 radical (unpaired) electrons. The number of rotatable bonds is 2. The average molecular weight is 212 g/mol. The fourth-order valence-corrected chi connectivity index (χ4v) is 3.31. The molecule has 2 fully saturated rings. The molecule has 0 aromatic heterocycles. The molecule has 3 nitrogen and oxygen atoms in total. The van der Waals surface area contributed by atoms with Crippen LogP contribution in [-0.2, 0) is 0 Å². The first-order valence-electron chi connectivity index (χ1n) is 6.36. The van der Waals surface area contributed by atoms with Crippen molar-refractivity contribution in [2.24, 2.45) is 5.92 Å². The highest BCUT2D eigenvalue weighted by molar-refractivity contribution is 4.98. The van der Waals surface area contributed by atoms with E-state index in [-0.39, 0.29) is 5.54 Å². The van der Waals surface area contributed by atoms with Crippen LogP contribution < -0.4 is 5.32 Å². The minimum atomic E-state index is 0.0976. The van der Waals surface area contributed by atoms with Crippen LogP contribution in [0, 0.1) is 5.92 Å². The van der Waals surface area contributed by atoms with Crippen molar-refractivity contribution < 1.29 is 5.11 Å². The Morgan fingerprint density at radius 3 is 2.67 bits per heavy atom. The van der Waals surface area contributed by atoms with Gasteiger partial charge in [0.05, 0.1) is 6.61 Å². The molecule has 0 aromatic rings. The van der Waals surface area contributed by atoms with Gasteiger partial charge in [0.1, 0.15) is 0 Å². The van der Waals surface area contributed by atoms with Crippen LogP contribution in [0.5, 0.6) is 0 Å². The second-order valence-corrected chi connectivity index (χ2v) is 5.15. The molecule has 0 amide bonds. The Hall–Kier alpha value is -0.120. The summed E-state index contributed by atoms with van der Waals surface area (Å²) in [6, 6.07) is 0. The Kier molecular flexibility index (Phi) is 3.65. The predicted octanol–water partition coefficient (Wildman–Crippen LogP) is 0.833. The van der Waals surface area contributed by atoms with Gasteiger partial charge in [0.2, 0.25) is 0 Å². The summed E-state index contributed by atoms with van der Waals surface area (Å²) in [5, 5.41) is 13.2. The summed E-state index contributed by atoms with van der Waals surface area (Å²) in [6.45, 7) is 7.02. The second kappa shape index (κ2) is 4.81. The van der Waals surface area contributed by atoms with Crippen LogP contribution in [0.2, 0.25) is 0 Å². The summed E-state index contributed by atoms with van der Waals surface area (Å²) in [5.41, 5.74) is 0.0976. The molecule has 3 heteroatoms. The Morgan fingerprint density at radius 1 is 1.33 bits per heavy atom. The largest absolute Gasteiger partial charge is 0.394 e. The number of aliphatic hydroxyl groups is 1. The molecular weight excluding hydrogens is 188 g/mol. The molecule has 0 aromatic carbocycles. The average Bonchev–Trinajstić information content (AvgIpc) is 2.31. The Balaban J connectivity index is 2.10. The molecule has 2 N–H and O–H groups in total. The van der Waals surface area contributed by atoms with Gasteiger partial charge in [-0.3, -0.25) is 4.90 Å². The third-order valence-electron chi connectivity index (χ3n) is 4.43. The van der Waals surface area contributed by atoms with E-state index in [0.717, 1.165) is 26.2 Å². The first-order valence-corrected chi connectivity index (χ1v) is 6.36. The first kappa shape index (κ1) is 11.4. The zero-order valence-electron chi connectivity index (χ0n) is 9.84. The van der Waals surface area contributed by atoms with Gasteiger partial charge in [-0.05, 0) is 18.8 Å². The van der Waals surface area contributed by atoms with Crippen LogP contribution in [0.4, 0.5) is 0 Å². The second-order valence-electron chi connectivity index (χ2n) is 5.15. The van der Waals surface area contributed by atoms with E-state index in [1.54, 1.807) is 0 Å². The molecule has 1 aliphatic heterocycles. The van der Waals surface area contributed by atoms with Gasteiger partial charge < -0.3 is 10.4 Å². The van der Waals surface area contributed by atoms with Gasteiger partial charge in [0.25, 0.3) is 0 Å². The minimum Gasteiger partial charge on any atom is -0.394 e. The molecule has 2 atom stereocenters. The molecular formula is C12H24N2O. The van der Waals surface area contributed by atoms with Crippen LogP contribution in [-0.4, -0.2) is 48.3 Å². The highest BCUT2D eigenvalue weighted by atomic mass is 16.3. The Morgan fingerprint density at radius 2 is 2.07 bits per heavy atom. The van der Waals surface area contributed by atoms with E-state index in [9.17, 15) is 5.11 Å². The van der Waals surface area contributed by atoms with E-state index in [1.165, 1.54) is 25.7 Å². The van der Waals surface area contributed by atoms with E-state index < -0.39 is 0 Å². The minimum absolute atomic E-state index is 0.0976. The third-order valence-corrected chi connectivity index (χ3v) is 4.43. The van der Waals surface area contributed by atoms with Crippen molar-refractivity contribution in [1.29, 1.82) is 0 Å². The van der Waals surface area contributed by atoms with Gasteiger partial charge >= 0.3 is 0 Å². The van der Waals surface area contributed by atoms with Crippen molar-refractivity contribution in [1.82, 2.24) is 10.2 Å². The SMILES string of the molecule is CC1CCCCC1(CO)N1CCNCC1. The normalized spacial score (nSPS) is 39.2. The highest BCUT2D eigenvalue weighted by Crippen LogP contribution is 2.38. The maximum Gasteiger partial charge on any atom is 0.0618 e. The van der Waals surface area contributed by atoms with Gasteiger partial charge in [-0.2, -0.15) is 0 Å². The van der Waals surface area contributed by atoms with Gasteiger partial charge in [0.15, 0.2) is 0 Å². The molecule has 2 aliphatic rings. The van der Waals surface area contributed by atoms with E-state index in [0.29, 0.717) is 12.5 Å². The monoisotopic (exact) mass is 212 g/mol. The summed E-state index contributed by atoms with van der Waals surface area (Å²) in [4.78, 5) is 2.54. The summed E-state index contributed by atoms with van der Waals surface area (Å²) < 4.78 is 0. The van der Waals surface area contributed by atoms with E-state index >= 15 is 0 Å². The van der Waals surface area contributed by atoms with E-state index in [1.807, 2.05) is 0 Å². The molecule has 1 heterocycles. The summed E-state index contributed by atoms with van der Waals surface area (Å²) in [7, 11) is 0. The van der Waals surface area contributed by atoms with Crippen molar-refractivity contribution in [2.45, 2.75) is 38.1 Å². The fourth-order valence-electron chi connectivity index (χ4n) is 3.31. The molecule has 2 unspecified atom stereocenters. The lowest BCUT2D eigenvalue weighted by Gasteiger charge is -2.51. The molecule has 1 saturated carbocycles. The lowest BCUT2D eigenvalue weighted by atomic mass is 9.72. The standard InChI is InChI=1S/C12H24N2O/c1-11-4-2-3-5-12(11,10-15)14-8-6-13-7-9-14/h11,13,15H,2-10H2,1H3. The number of hydrogen-bond donors (Lipinski definition) is 2. The van der Waals surface area contributed by atoms with Crippen LogP contribution in [0.3, 0.4) is 0 Å². The smallest absolute Gasteiger partial charge is 0.0618 e. The first-order chi connectivity index (χ1) is 7.29. The van der Waals surface area contributed by atoms with Crippen molar-refractivity contribution in [3.05, 3.63) is 0 Å². The lowest BCUT2D eigenvalue weighted by molar-refractivity contribution is -0.0413. The van der Waals surface area contributed by atoms with Gasteiger partial charge in [-0.1, -0.05) is 19.8 Å². The zero-order valence-corrected chi connectivity index (χ0v) is 9.84. The number of hydrogen-bond acceptors (Lipinski definition) is 3. The van der Waals surface area contributed by atoms with Gasteiger partial charge in [0, 0.05) is 31.7 Å². The number of aliphatic hydroxyl groups excluding tert-OH is 1. The summed E-state index contributed by atoms with van der Waals surface area (Å²) in [5.74, 6) is 0.648. The van der Waals surface area contributed by atoms with Crippen LogP contribution in [0.15, 0.2) is 0 Å². The number of nitrogens with one attached hydrogen (secondary N) is 1. The number of piperazine rings is 1. The molecule has 15 heavy (non-hydrogen) atoms. The molecule has 2 rings (SSSR count). The highest BCUT2D eigenvalue weighted by Gasteiger charge is 2.42. The topological polar surface area (TPSA) is 35.5 Å². The van der Waals surface area contributed by atoms with Crippen molar-refractivity contribution in [3.63, 3.8) is 0 Å². The quantitative estimate of drug-likeness (QED) is 0.712. The fraction of sp³-hybridized carbons (Fsp3) is 1.00. The maximum absolute atomic E-state index is 9.80. The van der Waals surface area contributed by atoms with Gasteiger partial charge in [-0.25, -0.2) is 0 Å². The van der Waals surface area contributed by atoms with E-state index in [2.05, 4.69) is 17.1 Å². The van der Waals surface area contributed by atoms with E-state index in [4.69, 9.17) is 0 Å². The number of nitrogens with zero attached hydrogens (tertiary/aromatic N) is 1. The maximum atomic E-state index is 9.80. The zero-order chi connectivity index (χ0) is 10.7. The third kappa shape index (κ3) is 2.05. The summed E-state index contributed by atoms with van der Waals surface area (Å²) >= 11 is 0. The van der Waals surface area contributed by atoms with Crippen molar-refractivity contribution in [2.75, 3.05) is 32.8 Å². The molecule has 0 spiro atoms. The lowest BCUT2D eigenvalue weighted by Crippen LogP contribution is -2.62. The van der Waals surface area contributed by atoms with Crippen LogP contribution in [0.25, 0.3) is 0 Å². The molecule has 0 bridgehead atoms. The van der Waals surface area contributed by atoms with Crippen molar-refractivity contribution in [3.8, 4) is 0 Å². The molecule has 1 aliphatic carbocycles. The Bertz CT molecular complexity index is 204. The van der Waals surface area contributed by atoms with Crippen molar-refractivity contribution >= 4 is 0 Å².